The van der Waals surface area contributed by atoms with Crippen molar-refractivity contribution in [1.82, 2.24) is 9.97 Å². The molecule has 1 N–H and O–H groups in total. The number of rotatable bonds is 1. The lowest BCUT2D eigenvalue weighted by Gasteiger charge is -2.06. The van der Waals surface area contributed by atoms with E-state index in [1.807, 2.05) is 24.4 Å². The quantitative estimate of drug-likeness (QED) is 0.555. The number of pyridine rings is 1. The Labute approximate surface area is 109 Å². The molecule has 0 saturated heterocycles. The summed E-state index contributed by atoms with van der Waals surface area (Å²) in [7, 11) is 1.71. The Bertz CT molecular complexity index is 908. The minimum Gasteiger partial charge on any atom is -0.496 e. The number of ether oxygens (including phenoxy) is 1. The van der Waals surface area contributed by atoms with Crippen molar-refractivity contribution in [1.29, 1.82) is 0 Å². The summed E-state index contributed by atoms with van der Waals surface area (Å²) in [6.45, 7) is 0. The van der Waals surface area contributed by atoms with E-state index in [0.29, 0.717) is 0 Å². The summed E-state index contributed by atoms with van der Waals surface area (Å²) < 4.78 is 5.52. The summed E-state index contributed by atoms with van der Waals surface area (Å²) in [4.78, 5) is 7.66. The molecule has 0 atom stereocenters. The predicted octanol–water partition coefficient (Wildman–Crippen LogP) is 3.88. The first-order chi connectivity index (χ1) is 9.38. The highest BCUT2D eigenvalue weighted by Crippen LogP contribution is 2.36. The molecular weight excluding hydrogens is 236 g/mol. The van der Waals surface area contributed by atoms with Crippen LogP contribution in [0.1, 0.15) is 0 Å². The van der Waals surface area contributed by atoms with Crippen molar-refractivity contribution < 1.29 is 4.74 Å². The van der Waals surface area contributed by atoms with E-state index in [-0.39, 0.29) is 0 Å². The van der Waals surface area contributed by atoms with E-state index >= 15 is 0 Å². The molecule has 2 aromatic heterocycles. The molecule has 0 spiro atoms. The van der Waals surface area contributed by atoms with Crippen molar-refractivity contribution in [3.05, 3.63) is 48.8 Å². The Morgan fingerprint density at radius 2 is 1.95 bits per heavy atom. The van der Waals surface area contributed by atoms with Crippen molar-refractivity contribution >= 4 is 32.6 Å². The van der Waals surface area contributed by atoms with Crippen LogP contribution in [-0.4, -0.2) is 17.1 Å². The van der Waals surface area contributed by atoms with Crippen LogP contribution in [-0.2, 0) is 0 Å². The number of hydrogen-bond donors (Lipinski definition) is 1. The third-order valence-electron chi connectivity index (χ3n) is 3.59. The second-order valence-electron chi connectivity index (χ2n) is 4.59. The monoisotopic (exact) mass is 248 g/mol. The fourth-order valence-electron chi connectivity index (χ4n) is 2.75. The Hall–Kier alpha value is -2.55. The number of benzene rings is 2. The highest BCUT2D eigenvalue weighted by Gasteiger charge is 2.11. The van der Waals surface area contributed by atoms with E-state index in [1.54, 1.807) is 13.3 Å². The van der Waals surface area contributed by atoms with Gasteiger partial charge >= 0.3 is 0 Å². The summed E-state index contributed by atoms with van der Waals surface area (Å²) in [6, 6.07) is 12.3. The maximum Gasteiger partial charge on any atom is 0.127 e. The SMILES string of the molecule is COc1cccc2ccc3[nH]c4ccncc4c3c12. The molecular formula is C16H12N2O. The van der Waals surface area contributed by atoms with E-state index in [4.69, 9.17) is 4.74 Å². The fraction of sp³-hybridized carbons (Fsp3) is 0.0625. The first-order valence-electron chi connectivity index (χ1n) is 6.19. The average molecular weight is 248 g/mol. The van der Waals surface area contributed by atoms with Gasteiger partial charge in [-0.15, -0.1) is 0 Å². The first kappa shape index (κ1) is 10.4. The molecule has 0 unspecified atom stereocenters. The van der Waals surface area contributed by atoms with Crippen molar-refractivity contribution in [3.8, 4) is 5.75 Å². The van der Waals surface area contributed by atoms with E-state index < -0.39 is 0 Å². The van der Waals surface area contributed by atoms with Crippen LogP contribution in [0.15, 0.2) is 48.8 Å². The van der Waals surface area contributed by atoms with Crippen LogP contribution in [0.4, 0.5) is 0 Å². The maximum atomic E-state index is 5.52. The average Bonchev–Trinajstić information content (AvgIpc) is 2.85. The standard InChI is InChI=1S/C16H12N2O/c1-19-14-4-2-3-10-5-6-13-16(15(10)14)11-9-17-8-7-12(11)18-13/h2-9,18H,1H3. The topological polar surface area (TPSA) is 37.9 Å². The van der Waals surface area contributed by atoms with E-state index in [0.717, 1.165) is 27.6 Å². The van der Waals surface area contributed by atoms with Gasteiger partial charge in [0.15, 0.2) is 0 Å². The molecule has 2 heterocycles. The van der Waals surface area contributed by atoms with Crippen molar-refractivity contribution in [2.75, 3.05) is 7.11 Å². The number of nitrogens with one attached hydrogen (secondary N) is 1. The van der Waals surface area contributed by atoms with Crippen molar-refractivity contribution in [2.45, 2.75) is 0 Å². The number of hydrogen-bond acceptors (Lipinski definition) is 2. The third kappa shape index (κ3) is 1.35. The number of nitrogens with zero attached hydrogens (tertiary/aromatic N) is 1. The van der Waals surface area contributed by atoms with Crippen LogP contribution >= 0.6 is 0 Å². The Kier molecular flexibility index (Phi) is 2.03. The minimum absolute atomic E-state index is 0.896. The molecule has 0 aliphatic heterocycles. The van der Waals surface area contributed by atoms with Crippen molar-refractivity contribution in [3.63, 3.8) is 0 Å². The molecule has 92 valence electrons. The third-order valence-corrected chi connectivity index (χ3v) is 3.59. The van der Waals surface area contributed by atoms with E-state index in [1.165, 1.54) is 10.8 Å². The largest absolute Gasteiger partial charge is 0.496 e. The molecule has 3 heteroatoms. The minimum atomic E-state index is 0.896. The predicted molar refractivity (Wildman–Crippen MR) is 77.7 cm³/mol. The number of aromatic amines is 1. The molecule has 0 fully saturated rings. The zero-order valence-electron chi connectivity index (χ0n) is 10.5. The molecule has 0 radical (unpaired) electrons. The zero-order valence-corrected chi connectivity index (χ0v) is 10.5. The van der Waals surface area contributed by atoms with Crippen LogP contribution in [0.5, 0.6) is 5.75 Å². The van der Waals surface area contributed by atoms with Gasteiger partial charge in [-0.25, -0.2) is 0 Å². The summed E-state index contributed by atoms with van der Waals surface area (Å²) in [6.07, 6.45) is 3.71. The van der Waals surface area contributed by atoms with Gasteiger partial charge in [0.05, 0.1) is 7.11 Å². The second-order valence-corrected chi connectivity index (χ2v) is 4.59. The molecule has 19 heavy (non-hydrogen) atoms. The van der Waals surface area contributed by atoms with Crippen LogP contribution in [0.3, 0.4) is 0 Å². The van der Waals surface area contributed by atoms with Crippen LogP contribution < -0.4 is 4.74 Å². The zero-order chi connectivity index (χ0) is 12.8. The van der Waals surface area contributed by atoms with Gasteiger partial charge in [0.1, 0.15) is 5.75 Å². The van der Waals surface area contributed by atoms with Gasteiger partial charge in [-0.2, -0.15) is 0 Å². The molecule has 0 aliphatic carbocycles. The van der Waals surface area contributed by atoms with Crippen LogP contribution in [0.2, 0.25) is 0 Å². The van der Waals surface area contributed by atoms with Crippen molar-refractivity contribution in [2.24, 2.45) is 0 Å². The number of methoxy groups -OCH3 is 1. The molecule has 0 bridgehead atoms. The molecule has 0 aliphatic rings. The first-order valence-corrected chi connectivity index (χ1v) is 6.19. The normalized spacial score (nSPS) is 11.4. The van der Waals surface area contributed by atoms with E-state index in [9.17, 15) is 0 Å². The Morgan fingerprint density at radius 1 is 1.00 bits per heavy atom. The lowest BCUT2D eigenvalue weighted by molar-refractivity contribution is 0.420. The van der Waals surface area contributed by atoms with Gasteiger partial charge in [-0.3, -0.25) is 4.98 Å². The number of fused-ring (bicyclic) bond motifs is 5. The van der Waals surface area contributed by atoms with Crippen LogP contribution in [0.25, 0.3) is 32.6 Å². The number of aromatic nitrogens is 2. The van der Waals surface area contributed by atoms with Gasteiger partial charge in [0, 0.05) is 39.6 Å². The molecule has 4 aromatic rings. The molecule has 0 amide bonds. The van der Waals surface area contributed by atoms with Gasteiger partial charge in [0.25, 0.3) is 0 Å². The second kappa shape index (κ2) is 3.72. The lowest BCUT2D eigenvalue weighted by atomic mass is 10.0. The molecule has 0 saturated carbocycles. The maximum absolute atomic E-state index is 5.52. The highest BCUT2D eigenvalue weighted by atomic mass is 16.5. The molecule has 3 nitrogen and oxygen atoms in total. The molecule has 4 rings (SSSR count). The lowest BCUT2D eigenvalue weighted by Crippen LogP contribution is -1.85. The Morgan fingerprint density at radius 3 is 2.84 bits per heavy atom. The van der Waals surface area contributed by atoms with Gasteiger partial charge in [-0.05, 0) is 23.6 Å². The van der Waals surface area contributed by atoms with Gasteiger partial charge in [-0.1, -0.05) is 18.2 Å². The van der Waals surface area contributed by atoms with Gasteiger partial charge < -0.3 is 9.72 Å². The highest BCUT2D eigenvalue weighted by molar-refractivity contribution is 6.21. The van der Waals surface area contributed by atoms with Gasteiger partial charge in [0.2, 0.25) is 0 Å². The Balaban J connectivity index is 2.35. The van der Waals surface area contributed by atoms with E-state index in [2.05, 4.69) is 28.2 Å². The van der Waals surface area contributed by atoms with Crippen LogP contribution in [0, 0.1) is 0 Å². The fourth-order valence-corrected chi connectivity index (χ4v) is 2.75. The smallest absolute Gasteiger partial charge is 0.127 e. The number of H-pyrrole nitrogens is 1. The summed E-state index contributed by atoms with van der Waals surface area (Å²) in [5, 5.41) is 4.63. The summed E-state index contributed by atoms with van der Waals surface area (Å²) in [5.74, 6) is 0.896. The summed E-state index contributed by atoms with van der Waals surface area (Å²) in [5.41, 5.74) is 2.21. The molecule has 2 aromatic carbocycles. The summed E-state index contributed by atoms with van der Waals surface area (Å²) >= 11 is 0.